The normalized spacial score (nSPS) is 11.5. The van der Waals surface area contributed by atoms with Gasteiger partial charge in [0, 0.05) is 19.6 Å². The summed E-state index contributed by atoms with van der Waals surface area (Å²) in [5.41, 5.74) is 0. The van der Waals surface area contributed by atoms with Gasteiger partial charge in [0.1, 0.15) is 6.33 Å². The average Bonchev–Trinajstić information content (AvgIpc) is 2.44. The van der Waals surface area contributed by atoms with E-state index in [2.05, 4.69) is 21.4 Å². The zero-order chi connectivity index (χ0) is 14.3. The molecular formula is C13H21N5O. The second-order valence-electron chi connectivity index (χ2n) is 4.18. The molecule has 1 atom stereocenters. The summed E-state index contributed by atoms with van der Waals surface area (Å²) in [6, 6.07) is 2.24. The minimum atomic E-state index is -0.0674. The number of rotatable bonds is 7. The van der Waals surface area contributed by atoms with Gasteiger partial charge in [-0.15, -0.1) is 0 Å². The van der Waals surface area contributed by atoms with E-state index < -0.39 is 0 Å². The van der Waals surface area contributed by atoms with Crippen molar-refractivity contribution in [2.75, 3.05) is 37.0 Å². The molecule has 0 spiro atoms. The van der Waals surface area contributed by atoms with Crippen LogP contribution in [0.25, 0.3) is 0 Å². The molecule has 1 unspecified atom stereocenters. The van der Waals surface area contributed by atoms with E-state index in [1.807, 2.05) is 25.7 Å². The van der Waals surface area contributed by atoms with Crippen LogP contribution in [0, 0.1) is 17.2 Å². The molecule has 0 aliphatic carbocycles. The monoisotopic (exact) mass is 263 g/mol. The molecule has 1 aromatic heterocycles. The van der Waals surface area contributed by atoms with E-state index in [1.165, 1.54) is 6.33 Å². The van der Waals surface area contributed by atoms with Crippen molar-refractivity contribution in [2.45, 2.75) is 20.8 Å². The van der Waals surface area contributed by atoms with E-state index in [1.54, 1.807) is 7.11 Å². The van der Waals surface area contributed by atoms with Gasteiger partial charge < -0.3 is 15.0 Å². The molecule has 0 amide bonds. The van der Waals surface area contributed by atoms with Gasteiger partial charge in [0.2, 0.25) is 5.75 Å². The maximum absolute atomic E-state index is 8.94. The van der Waals surface area contributed by atoms with Gasteiger partial charge in [0.25, 0.3) is 0 Å². The fourth-order valence-electron chi connectivity index (χ4n) is 1.81. The Morgan fingerprint density at radius 1 is 1.47 bits per heavy atom. The molecule has 1 aromatic rings. The summed E-state index contributed by atoms with van der Waals surface area (Å²) in [6.07, 6.45) is 1.51. The second-order valence-corrected chi connectivity index (χ2v) is 4.18. The fraction of sp³-hybridized carbons (Fsp3) is 0.615. The number of aromatic nitrogens is 2. The van der Waals surface area contributed by atoms with Crippen molar-refractivity contribution >= 4 is 11.6 Å². The molecule has 104 valence electrons. The first-order valence-corrected chi connectivity index (χ1v) is 6.45. The number of ether oxygens (including phenoxy) is 1. The average molecular weight is 263 g/mol. The molecule has 0 radical (unpaired) electrons. The van der Waals surface area contributed by atoms with Gasteiger partial charge >= 0.3 is 0 Å². The van der Waals surface area contributed by atoms with Gasteiger partial charge in [-0.1, -0.05) is 0 Å². The Morgan fingerprint density at radius 3 is 2.74 bits per heavy atom. The Morgan fingerprint density at radius 2 is 2.21 bits per heavy atom. The molecule has 19 heavy (non-hydrogen) atoms. The number of hydrogen-bond acceptors (Lipinski definition) is 6. The van der Waals surface area contributed by atoms with Crippen molar-refractivity contribution < 1.29 is 4.74 Å². The van der Waals surface area contributed by atoms with E-state index in [0.717, 1.165) is 18.9 Å². The molecule has 0 fully saturated rings. The zero-order valence-corrected chi connectivity index (χ0v) is 12.0. The molecule has 1 rings (SSSR count). The van der Waals surface area contributed by atoms with Crippen molar-refractivity contribution in [2.24, 2.45) is 5.92 Å². The van der Waals surface area contributed by atoms with Gasteiger partial charge in [0.05, 0.1) is 19.1 Å². The summed E-state index contributed by atoms with van der Waals surface area (Å²) >= 11 is 0. The summed E-state index contributed by atoms with van der Waals surface area (Å²) in [4.78, 5) is 10.5. The van der Waals surface area contributed by atoms with Crippen molar-refractivity contribution in [1.29, 1.82) is 5.26 Å². The molecule has 0 saturated heterocycles. The molecule has 0 saturated carbocycles. The van der Waals surface area contributed by atoms with Crippen molar-refractivity contribution in [3.05, 3.63) is 6.33 Å². The Kier molecular flexibility index (Phi) is 5.86. The topological polar surface area (TPSA) is 74.1 Å². The first-order chi connectivity index (χ1) is 9.17. The lowest BCUT2D eigenvalue weighted by molar-refractivity contribution is 0.411. The van der Waals surface area contributed by atoms with Crippen LogP contribution in [-0.4, -0.2) is 36.7 Å². The number of hydrogen-bond donors (Lipinski definition) is 1. The van der Waals surface area contributed by atoms with Crippen LogP contribution < -0.4 is 15.0 Å². The molecule has 0 aliphatic heterocycles. The van der Waals surface area contributed by atoms with Crippen molar-refractivity contribution in [1.82, 2.24) is 9.97 Å². The van der Waals surface area contributed by atoms with Crippen LogP contribution in [0.3, 0.4) is 0 Å². The highest BCUT2D eigenvalue weighted by molar-refractivity contribution is 5.64. The third kappa shape index (κ3) is 3.71. The molecule has 6 heteroatoms. The van der Waals surface area contributed by atoms with Crippen LogP contribution in [0.1, 0.15) is 20.8 Å². The number of methoxy groups -OCH3 is 1. The number of nitrogens with one attached hydrogen (secondary N) is 1. The van der Waals surface area contributed by atoms with Crippen molar-refractivity contribution in [3.8, 4) is 11.8 Å². The molecule has 1 N–H and O–H groups in total. The van der Waals surface area contributed by atoms with Gasteiger partial charge in [0.15, 0.2) is 11.6 Å². The maximum Gasteiger partial charge on any atom is 0.204 e. The number of anilines is 2. The molecule has 0 aliphatic rings. The fourth-order valence-corrected chi connectivity index (χ4v) is 1.81. The summed E-state index contributed by atoms with van der Waals surface area (Å²) in [5, 5.41) is 12.1. The lowest BCUT2D eigenvalue weighted by Gasteiger charge is -2.25. The van der Waals surface area contributed by atoms with Crippen LogP contribution in [-0.2, 0) is 0 Å². The Balaban J connectivity index is 3.09. The van der Waals surface area contributed by atoms with Gasteiger partial charge in [-0.05, 0) is 20.8 Å². The van der Waals surface area contributed by atoms with Crippen LogP contribution in [0.15, 0.2) is 6.33 Å². The van der Waals surface area contributed by atoms with E-state index in [9.17, 15) is 0 Å². The number of nitrogens with zero attached hydrogens (tertiary/aromatic N) is 4. The quantitative estimate of drug-likeness (QED) is 0.810. The van der Waals surface area contributed by atoms with E-state index >= 15 is 0 Å². The molecule has 1 heterocycles. The van der Waals surface area contributed by atoms with Gasteiger partial charge in [-0.3, -0.25) is 0 Å². The van der Waals surface area contributed by atoms with E-state index in [4.69, 9.17) is 10.00 Å². The highest BCUT2D eigenvalue weighted by atomic mass is 16.5. The summed E-state index contributed by atoms with van der Waals surface area (Å²) in [7, 11) is 1.60. The molecule has 6 nitrogen and oxygen atoms in total. The second kappa shape index (κ2) is 7.41. The number of nitriles is 1. The van der Waals surface area contributed by atoms with Crippen LogP contribution in [0.2, 0.25) is 0 Å². The van der Waals surface area contributed by atoms with Crippen LogP contribution in [0.4, 0.5) is 11.6 Å². The summed E-state index contributed by atoms with van der Waals surface area (Å²) in [5.74, 6) is 1.95. The van der Waals surface area contributed by atoms with Crippen molar-refractivity contribution in [3.63, 3.8) is 0 Å². The maximum atomic E-state index is 8.94. The van der Waals surface area contributed by atoms with E-state index in [0.29, 0.717) is 18.1 Å². The predicted octanol–water partition coefficient (Wildman–Crippen LogP) is 1.90. The standard InChI is InChI=1S/C13H21N5O/c1-5-15-12-11(19-4)13(17-9-16-12)18(6-2)8-10(3)7-14/h9-10H,5-6,8H2,1-4H3,(H,15,16,17). The minimum absolute atomic E-state index is 0.0674. The Bertz CT molecular complexity index is 443. The van der Waals surface area contributed by atoms with Gasteiger partial charge in [-0.25, -0.2) is 9.97 Å². The van der Waals surface area contributed by atoms with E-state index in [-0.39, 0.29) is 5.92 Å². The Hall–Kier alpha value is -2.03. The lowest BCUT2D eigenvalue weighted by atomic mass is 10.2. The zero-order valence-electron chi connectivity index (χ0n) is 12.0. The molecule has 0 aromatic carbocycles. The third-order valence-electron chi connectivity index (χ3n) is 2.73. The van der Waals surface area contributed by atoms with Crippen LogP contribution in [0.5, 0.6) is 5.75 Å². The first kappa shape index (κ1) is 15.0. The Labute approximate surface area is 114 Å². The molecular weight excluding hydrogens is 242 g/mol. The molecule has 0 bridgehead atoms. The predicted molar refractivity (Wildman–Crippen MR) is 75.4 cm³/mol. The smallest absolute Gasteiger partial charge is 0.204 e. The third-order valence-corrected chi connectivity index (χ3v) is 2.73. The largest absolute Gasteiger partial charge is 0.490 e. The van der Waals surface area contributed by atoms with Gasteiger partial charge in [-0.2, -0.15) is 5.26 Å². The summed E-state index contributed by atoms with van der Waals surface area (Å²) in [6.45, 7) is 8.04. The highest BCUT2D eigenvalue weighted by Crippen LogP contribution is 2.31. The summed E-state index contributed by atoms with van der Waals surface area (Å²) < 4.78 is 5.41. The highest BCUT2D eigenvalue weighted by Gasteiger charge is 2.18. The lowest BCUT2D eigenvalue weighted by Crippen LogP contribution is -2.29. The first-order valence-electron chi connectivity index (χ1n) is 6.45. The SMILES string of the molecule is CCNc1ncnc(N(CC)CC(C)C#N)c1OC. The minimum Gasteiger partial charge on any atom is -0.490 e. The van der Waals surface area contributed by atoms with Crippen LogP contribution >= 0.6 is 0 Å².